The van der Waals surface area contributed by atoms with Crippen molar-refractivity contribution >= 4 is 29.3 Å². The maximum atomic E-state index is 13.0. The van der Waals surface area contributed by atoms with Gasteiger partial charge in [-0.25, -0.2) is 4.39 Å². The van der Waals surface area contributed by atoms with Gasteiger partial charge in [0.1, 0.15) is 11.5 Å². The molecule has 8 nitrogen and oxygen atoms in total. The van der Waals surface area contributed by atoms with E-state index in [0.29, 0.717) is 4.90 Å². The van der Waals surface area contributed by atoms with Crippen LogP contribution in [0.5, 0.6) is 0 Å². The van der Waals surface area contributed by atoms with E-state index < -0.39 is 22.6 Å². The van der Waals surface area contributed by atoms with Crippen LogP contribution >= 0.6 is 11.8 Å². The average Bonchev–Trinajstić information content (AvgIpc) is 2.74. The predicted molar refractivity (Wildman–Crippen MR) is 103 cm³/mol. The van der Waals surface area contributed by atoms with Crippen molar-refractivity contribution in [2.45, 2.75) is 9.79 Å². The molecule has 0 fully saturated rings. The fourth-order valence-corrected chi connectivity index (χ4v) is 3.16. The number of nitro benzene ring substituents is 1. The molecule has 0 saturated heterocycles. The monoisotopic (exact) mass is 412 g/mol. The molecule has 146 valence electrons. The molecule has 0 aliphatic carbocycles. The maximum absolute atomic E-state index is 13.0. The molecule has 0 bridgehead atoms. The Morgan fingerprint density at radius 2 is 1.72 bits per heavy atom. The van der Waals surface area contributed by atoms with Crippen LogP contribution in [0.3, 0.4) is 0 Å². The van der Waals surface area contributed by atoms with Crippen molar-refractivity contribution in [1.29, 1.82) is 0 Å². The number of hydrogen-bond acceptors (Lipinski definition) is 6. The number of nitrogens with one attached hydrogen (secondary N) is 2. The van der Waals surface area contributed by atoms with Gasteiger partial charge in [-0.1, -0.05) is 17.8 Å². The van der Waals surface area contributed by atoms with Crippen LogP contribution in [0.2, 0.25) is 0 Å². The van der Waals surface area contributed by atoms with E-state index in [9.17, 15) is 24.1 Å². The predicted octanol–water partition coefficient (Wildman–Crippen LogP) is 3.35. The Morgan fingerprint density at radius 3 is 2.38 bits per heavy atom. The number of hydrogen-bond donors (Lipinski definition) is 2. The first-order valence-electron chi connectivity index (χ1n) is 8.17. The third-order valence-electron chi connectivity index (χ3n) is 3.65. The molecule has 2 amide bonds. The van der Waals surface area contributed by atoms with Crippen molar-refractivity contribution in [3.8, 4) is 0 Å². The minimum atomic E-state index is -0.726. The van der Waals surface area contributed by atoms with E-state index in [1.165, 1.54) is 48.7 Å². The summed E-state index contributed by atoms with van der Waals surface area (Å²) in [6.07, 6.45) is 1.43. The lowest BCUT2D eigenvalue weighted by atomic mass is 10.2. The van der Waals surface area contributed by atoms with Crippen molar-refractivity contribution in [2.75, 3.05) is 0 Å². The largest absolute Gasteiger partial charge is 0.288 e. The van der Waals surface area contributed by atoms with Crippen LogP contribution in [0.25, 0.3) is 0 Å². The van der Waals surface area contributed by atoms with Gasteiger partial charge in [-0.2, -0.15) is 0 Å². The summed E-state index contributed by atoms with van der Waals surface area (Å²) in [5, 5.41) is 11.4. The molecule has 0 radical (unpaired) electrons. The molecule has 3 rings (SSSR count). The van der Waals surface area contributed by atoms with Crippen molar-refractivity contribution in [2.24, 2.45) is 0 Å². The van der Waals surface area contributed by atoms with Gasteiger partial charge in [0.15, 0.2) is 0 Å². The SMILES string of the molecule is O=C(NNC(=O)c1ccccn1)c1ccc(Sc2ccc(F)cc2)c([N+](=O)[O-])c1. The van der Waals surface area contributed by atoms with Gasteiger partial charge in [0, 0.05) is 22.7 Å². The highest BCUT2D eigenvalue weighted by molar-refractivity contribution is 7.99. The Bertz CT molecular complexity index is 1060. The summed E-state index contributed by atoms with van der Waals surface area (Å²) in [7, 11) is 0. The highest BCUT2D eigenvalue weighted by Gasteiger charge is 2.19. The summed E-state index contributed by atoms with van der Waals surface area (Å²) in [4.78, 5) is 39.7. The number of carbonyl (C=O) groups excluding carboxylic acids is 2. The molecule has 2 aromatic carbocycles. The number of nitro groups is 1. The fraction of sp³-hybridized carbons (Fsp3) is 0. The van der Waals surface area contributed by atoms with Crippen LogP contribution in [0, 0.1) is 15.9 Å². The van der Waals surface area contributed by atoms with E-state index in [0.717, 1.165) is 17.8 Å². The molecule has 29 heavy (non-hydrogen) atoms. The third-order valence-corrected chi connectivity index (χ3v) is 4.72. The van der Waals surface area contributed by atoms with Crippen molar-refractivity contribution in [1.82, 2.24) is 15.8 Å². The number of nitrogens with zero attached hydrogens (tertiary/aromatic N) is 2. The van der Waals surface area contributed by atoms with E-state index in [4.69, 9.17) is 0 Å². The minimum absolute atomic E-state index is 0.0125. The summed E-state index contributed by atoms with van der Waals surface area (Å²) >= 11 is 1.07. The summed E-state index contributed by atoms with van der Waals surface area (Å²) in [6, 6.07) is 14.1. The summed E-state index contributed by atoms with van der Waals surface area (Å²) in [6.45, 7) is 0. The molecule has 10 heteroatoms. The number of pyridine rings is 1. The highest BCUT2D eigenvalue weighted by atomic mass is 32.2. The summed E-state index contributed by atoms with van der Waals surface area (Å²) < 4.78 is 13.0. The Labute approximate surface area is 168 Å². The van der Waals surface area contributed by atoms with Crippen LogP contribution in [0.1, 0.15) is 20.8 Å². The Morgan fingerprint density at radius 1 is 1.00 bits per heavy atom. The Hall–Kier alpha value is -3.79. The van der Waals surface area contributed by atoms with Gasteiger partial charge < -0.3 is 0 Å². The van der Waals surface area contributed by atoms with Crippen LogP contribution in [-0.4, -0.2) is 21.7 Å². The van der Waals surface area contributed by atoms with Crippen LogP contribution in [0.15, 0.2) is 76.7 Å². The molecule has 1 heterocycles. The van der Waals surface area contributed by atoms with Gasteiger partial charge in [0.05, 0.1) is 9.82 Å². The third kappa shape index (κ3) is 5.14. The molecule has 0 aliphatic rings. The number of halogens is 1. The number of aromatic nitrogens is 1. The maximum Gasteiger partial charge on any atom is 0.288 e. The lowest BCUT2D eigenvalue weighted by Gasteiger charge is -2.08. The van der Waals surface area contributed by atoms with Gasteiger partial charge in [0.25, 0.3) is 17.5 Å². The van der Waals surface area contributed by atoms with Crippen LogP contribution < -0.4 is 10.9 Å². The molecular weight excluding hydrogens is 399 g/mol. The normalized spacial score (nSPS) is 10.2. The molecular formula is C19H13FN4O4S. The molecule has 2 N–H and O–H groups in total. The second-order valence-electron chi connectivity index (χ2n) is 5.62. The second kappa shape index (κ2) is 8.93. The van der Waals surface area contributed by atoms with Gasteiger partial charge in [0.2, 0.25) is 0 Å². The van der Waals surface area contributed by atoms with Gasteiger partial charge >= 0.3 is 0 Å². The Kier molecular flexibility index (Phi) is 6.15. The first kappa shape index (κ1) is 20.0. The van der Waals surface area contributed by atoms with E-state index in [2.05, 4.69) is 15.8 Å². The smallest absolute Gasteiger partial charge is 0.267 e. The van der Waals surface area contributed by atoms with Crippen LogP contribution in [0.4, 0.5) is 10.1 Å². The van der Waals surface area contributed by atoms with Gasteiger partial charge in [-0.15, -0.1) is 0 Å². The lowest BCUT2D eigenvalue weighted by molar-refractivity contribution is -0.387. The van der Waals surface area contributed by atoms with Crippen molar-refractivity contribution in [3.63, 3.8) is 0 Å². The number of amides is 2. The molecule has 0 spiro atoms. The van der Waals surface area contributed by atoms with E-state index in [1.54, 1.807) is 12.1 Å². The van der Waals surface area contributed by atoms with E-state index in [1.807, 2.05) is 0 Å². The van der Waals surface area contributed by atoms with Crippen molar-refractivity contribution < 1.29 is 18.9 Å². The molecule has 3 aromatic rings. The molecule has 0 unspecified atom stereocenters. The summed E-state index contributed by atoms with van der Waals surface area (Å²) in [5.74, 6) is -1.77. The zero-order valence-electron chi connectivity index (χ0n) is 14.7. The van der Waals surface area contributed by atoms with Gasteiger partial charge in [-0.05, 0) is 48.5 Å². The molecule has 0 saturated carbocycles. The van der Waals surface area contributed by atoms with Crippen LogP contribution in [-0.2, 0) is 0 Å². The molecule has 0 aliphatic heterocycles. The first-order chi connectivity index (χ1) is 13.9. The number of benzene rings is 2. The molecule has 1 aromatic heterocycles. The number of carbonyl (C=O) groups is 2. The van der Waals surface area contributed by atoms with E-state index >= 15 is 0 Å². The molecule has 0 atom stereocenters. The first-order valence-corrected chi connectivity index (χ1v) is 8.99. The Balaban J connectivity index is 1.73. The van der Waals surface area contributed by atoms with E-state index in [-0.39, 0.29) is 21.8 Å². The quantitative estimate of drug-likeness (QED) is 0.491. The zero-order chi connectivity index (χ0) is 20.8. The van der Waals surface area contributed by atoms with Gasteiger partial charge in [-0.3, -0.25) is 35.5 Å². The highest BCUT2D eigenvalue weighted by Crippen LogP contribution is 2.35. The summed E-state index contributed by atoms with van der Waals surface area (Å²) in [5.41, 5.74) is 4.18. The minimum Gasteiger partial charge on any atom is -0.267 e. The fourth-order valence-electron chi connectivity index (χ4n) is 2.26. The lowest BCUT2D eigenvalue weighted by Crippen LogP contribution is -2.41. The number of hydrazine groups is 1. The average molecular weight is 412 g/mol. The number of rotatable bonds is 5. The topological polar surface area (TPSA) is 114 Å². The van der Waals surface area contributed by atoms with Crippen molar-refractivity contribution in [3.05, 3.63) is 94.0 Å². The zero-order valence-corrected chi connectivity index (χ0v) is 15.5. The standard InChI is InChI=1S/C19H13FN4O4S/c20-13-5-7-14(8-6-13)29-17-9-4-12(11-16(17)24(27)28)18(25)22-23-19(26)15-3-1-2-10-21-15/h1-11H,(H,22,25)(H,23,26). The second-order valence-corrected chi connectivity index (χ2v) is 6.73.